The molecule has 0 aromatic carbocycles. The molecule has 2 atom stereocenters. The number of esters is 1. The van der Waals surface area contributed by atoms with Crippen LogP contribution in [-0.2, 0) is 27.9 Å². The first-order chi connectivity index (χ1) is 29.3. The van der Waals surface area contributed by atoms with E-state index in [0.29, 0.717) is 12.8 Å². The summed E-state index contributed by atoms with van der Waals surface area (Å²) in [6, 6.07) is 0. The van der Waals surface area contributed by atoms with Gasteiger partial charge in [0, 0.05) is 19.4 Å². The van der Waals surface area contributed by atoms with E-state index in [1.54, 1.807) is 0 Å². The van der Waals surface area contributed by atoms with Gasteiger partial charge in [-0.15, -0.1) is 0 Å². The van der Waals surface area contributed by atoms with Crippen molar-refractivity contribution in [2.75, 3.05) is 26.4 Å². The van der Waals surface area contributed by atoms with Gasteiger partial charge in [0.1, 0.15) is 12.7 Å². The Labute approximate surface area is 368 Å². The molecule has 0 aromatic heterocycles. The molecule has 0 fully saturated rings. The number of phosphoric ester groups is 1. The van der Waals surface area contributed by atoms with E-state index in [9.17, 15) is 24.2 Å². The molecule has 3 N–H and O–H groups in total. The van der Waals surface area contributed by atoms with E-state index >= 15 is 0 Å². The highest BCUT2D eigenvalue weighted by Crippen LogP contribution is 2.42. The minimum absolute atomic E-state index is 0.0497. The minimum Gasteiger partial charge on any atom is -0.463 e. The first kappa shape index (κ1) is 57.7. The first-order valence-corrected chi connectivity index (χ1v) is 25.8. The molecule has 0 aliphatic rings. The molecule has 0 rings (SSSR count). The number of carbonyl (C=O) groups excluding carboxylic acids is 2. The Bertz CT molecular complexity index is 1170. The molecule has 0 saturated heterocycles. The van der Waals surface area contributed by atoms with Crippen molar-refractivity contribution in [3.05, 3.63) is 60.8 Å². The number of rotatable bonds is 45. The van der Waals surface area contributed by atoms with Gasteiger partial charge in [0.2, 0.25) is 5.91 Å². The van der Waals surface area contributed by atoms with E-state index in [2.05, 4.69) is 79.9 Å². The summed E-state index contributed by atoms with van der Waals surface area (Å²) in [5.41, 5.74) is 0. The summed E-state index contributed by atoms with van der Waals surface area (Å²) in [4.78, 5) is 34.0. The number of carbonyl (C=O) groups is 2. The summed E-state index contributed by atoms with van der Waals surface area (Å²) in [7, 11) is -4.44. The third-order valence-electron chi connectivity index (χ3n) is 10.2. The summed E-state index contributed by atoms with van der Waals surface area (Å²) >= 11 is 0. The Kier molecular flexibility index (Phi) is 44.5. The minimum atomic E-state index is -4.44. The SMILES string of the molecule is CC/C=C\C/C=C\C/C=C\C/C=C\C/C=C\CCCC(=O)NCCOP(=O)(O)OCC(O)COC(=O)CCCCCCCCCCCCCCCCCCCCCCCC. The molecule has 1 amide bonds. The molecule has 0 saturated carbocycles. The lowest BCUT2D eigenvalue weighted by molar-refractivity contribution is -0.147. The number of nitrogens with one attached hydrogen (secondary N) is 1. The van der Waals surface area contributed by atoms with Crippen molar-refractivity contribution in [1.29, 1.82) is 0 Å². The first-order valence-electron chi connectivity index (χ1n) is 24.3. The number of amides is 1. The van der Waals surface area contributed by atoms with Crippen LogP contribution in [0.15, 0.2) is 60.8 Å². The molecule has 9 nitrogen and oxygen atoms in total. The number of aliphatic hydroxyl groups excluding tert-OH is 1. The van der Waals surface area contributed by atoms with Gasteiger partial charge < -0.3 is 20.1 Å². The lowest BCUT2D eigenvalue weighted by Crippen LogP contribution is -2.27. The Morgan fingerprint density at radius 3 is 1.40 bits per heavy atom. The summed E-state index contributed by atoms with van der Waals surface area (Å²) < 4.78 is 26.9. The fourth-order valence-corrected chi connectivity index (χ4v) is 7.35. The number of aliphatic hydroxyl groups is 1. The molecule has 0 radical (unpaired) electrons. The van der Waals surface area contributed by atoms with E-state index in [1.807, 2.05) is 0 Å². The third kappa shape index (κ3) is 46.8. The van der Waals surface area contributed by atoms with E-state index in [4.69, 9.17) is 13.8 Å². The molecule has 0 bridgehead atoms. The average molecular weight is 864 g/mol. The zero-order chi connectivity index (χ0) is 43.9. The van der Waals surface area contributed by atoms with Gasteiger partial charge >= 0.3 is 13.8 Å². The van der Waals surface area contributed by atoms with Crippen LogP contribution in [0.25, 0.3) is 0 Å². The van der Waals surface area contributed by atoms with Gasteiger partial charge in [-0.3, -0.25) is 18.6 Å². The Morgan fingerprint density at radius 1 is 0.533 bits per heavy atom. The number of ether oxygens (including phenoxy) is 1. The van der Waals surface area contributed by atoms with Gasteiger partial charge in [-0.2, -0.15) is 0 Å². The van der Waals surface area contributed by atoms with Crippen molar-refractivity contribution >= 4 is 19.7 Å². The number of allylic oxidation sites excluding steroid dienone is 10. The summed E-state index contributed by atoms with van der Waals surface area (Å²) in [5.74, 6) is -0.572. The highest BCUT2D eigenvalue weighted by Gasteiger charge is 2.23. The molecular formula is C50H90NO8P. The number of phosphoric acid groups is 1. The molecule has 348 valence electrons. The lowest BCUT2D eigenvalue weighted by atomic mass is 10.0. The predicted molar refractivity (Wildman–Crippen MR) is 252 cm³/mol. The largest absolute Gasteiger partial charge is 0.472 e. The summed E-state index contributed by atoms with van der Waals surface area (Å²) in [5, 5.41) is 12.7. The highest BCUT2D eigenvalue weighted by atomic mass is 31.2. The van der Waals surface area contributed by atoms with Crippen LogP contribution in [0, 0.1) is 0 Å². The predicted octanol–water partition coefficient (Wildman–Crippen LogP) is 14.1. The Balaban J connectivity index is 3.61. The van der Waals surface area contributed by atoms with Gasteiger partial charge in [-0.1, -0.05) is 209 Å². The number of hydrogen-bond donors (Lipinski definition) is 3. The van der Waals surface area contributed by atoms with Gasteiger partial charge in [0.15, 0.2) is 0 Å². The van der Waals surface area contributed by atoms with Gasteiger partial charge in [0.05, 0.1) is 13.2 Å². The average Bonchev–Trinajstić information content (AvgIpc) is 3.23. The van der Waals surface area contributed by atoms with Crippen molar-refractivity contribution in [1.82, 2.24) is 5.32 Å². The van der Waals surface area contributed by atoms with Crippen LogP contribution < -0.4 is 5.32 Å². The van der Waals surface area contributed by atoms with E-state index < -0.39 is 26.5 Å². The van der Waals surface area contributed by atoms with Crippen molar-refractivity contribution in [2.24, 2.45) is 0 Å². The molecule has 2 unspecified atom stereocenters. The van der Waals surface area contributed by atoms with Gasteiger partial charge in [0.25, 0.3) is 0 Å². The normalized spacial score (nSPS) is 13.7. The van der Waals surface area contributed by atoms with Crippen LogP contribution in [0.1, 0.15) is 213 Å². The van der Waals surface area contributed by atoms with Crippen LogP contribution in [0.5, 0.6) is 0 Å². The van der Waals surface area contributed by atoms with Crippen molar-refractivity contribution in [2.45, 2.75) is 219 Å². The number of unbranched alkanes of at least 4 members (excludes halogenated alkanes) is 22. The quantitative estimate of drug-likeness (QED) is 0.0239. The van der Waals surface area contributed by atoms with Crippen LogP contribution in [-0.4, -0.2) is 54.3 Å². The topological polar surface area (TPSA) is 131 Å². The fourth-order valence-electron chi connectivity index (χ4n) is 6.59. The standard InChI is InChI=1S/C50H90NO8P/c1-3-5-7-9-11-13-15-17-19-21-22-23-24-25-27-29-31-33-35-37-39-41-43-50(54)57-46-48(52)47-59-60(55,56)58-45-44-51-49(53)42-40-38-36-34-32-30-28-26-20-18-16-14-12-10-8-6-4-2/h6,8,12,14,18,20,28,30,34,36,48,52H,3-5,7,9-11,13,15-17,19,21-27,29,31-33,35,37-47H2,1-2H3,(H,51,53)(H,55,56)/b8-6-,14-12-,20-18-,30-28-,36-34-. The van der Waals surface area contributed by atoms with Crippen LogP contribution >= 0.6 is 7.82 Å². The van der Waals surface area contributed by atoms with Crippen molar-refractivity contribution in [3.8, 4) is 0 Å². The second-order valence-corrected chi connectivity index (χ2v) is 17.5. The van der Waals surface area contributed by atoms with Crippen LogP contribution in [0.2, 0.25) is 0 Å². The molecule has 0 aliphatic carbocycles. The second-order valence-electron chi connectivity index (χ2n) is 16.1. The maximum Gasteiger partial charge on any atom is 0.472 e. The van der Waals surface area contributed by atoms with E-state index in [1.165, 1.54) is 122 Å². The zero-order valence-electron chi connectivity index (χ0n) is 38.4. The second kappa shape index (κ2) is 46.2. The van der Waals surface area contributed by atoms with Crippen molar-refractivity contribution in [3.63, 3.8) is 0 Å². The monoisotopic (exact) mass is 864 g/mol. The van der Waals surface area contributed by atoms with Gasteiger partial charge in [-0.05, 0) is 51.4 Å². The molecule has 60 heavy (non-hydrogen) atoms. The molecule has 10 heteroatoms. The van der Waals surface area contributed by atoms with E-state index in [-0.39, 0.29) is 32.1 Å². The molecule has 0 heterocycles. The van der Waals surface area contributed by atoms with Crippen molar-refractivity contribution < 1.29 is 37.9 Å². The Morgan fingerprint density at radius 2 is 0.950 bits per heavy atom. The highest BCUT2D eigenvalue weighted by molar-refractivity contribution is 7.47. The summed E-state index contributed by atoms with van der Waals surface area (Å²) in [6.45, 7) is 3.39. The summed E-state index contributed by atoms with van der Waals surface area (Å²) in [6.07, 6.45) is 56.0. The number of hydrogen-bond acceptors (Lipinski definition) is 7. The molecule has 0 spiro atoms. The smallest absolute Gasteiger partial charge is 0.463 e. The maximum atomic E-state index is 12.1. The van der Waals surface area contributed by atoms with Crippen LogP contribution in [0.3, 0.4) is 0 Å². The zero-order valence-corrected chi connectivity index (χ0v) is 39.3. The molecule has 0 aliphatic heterocycles. The maximum absolute atomic E-state index is 12.1. The van der Waals surface area contributed by atoms with E-state index in [0.717, 1.165) is 57.8 Å². The Hall–Kier alpha value is -2.29. The fraction of sp³-hybridized carbons (Fsp3) is 0.760. The van der Waals surface area contributed by atoms with Crippen LogP contribution in [0.4, 0.5) is 0 Å². The van der Waals surface area contributed by atoms with Gasteiger partial charge in [-0.25, -0.2) is 4.57 Å². The lowest BCUT2D eigenvalue weighted by Gasteiger charge is -2.15. The third-order valence-corrected chi connectivity index (χ3v) is 11.2. The molecule has 0 aromatic rings. The molecular weight excluding hydrogens is 774 g/mol.